The van der Waals surface area contributed by atoms with Crippen LogP contribution in [-0.2, 0) is 0 Å². The summed E-state index contributed by atoms with van der Waals surface area (Å²) in [6.45, 7) is 11.9. The molecule has 1 atom stereocenters. The molecule has 0 spiro atoms. The summed E-state index contributed by atoms with van der Waals surface area (Å²) in [5.74, 6) is 0.627. The highest BCUT2D eigenvalue weighted by atomic mass is 16.3. The van der Waals surface area contributed by atoms with Gasteiger partial charge in [-0.1, -0.05) is 13.8 Å². The van der Waals surface area contributed by atoms with Crippen LogP contribution in [-0.4, -0.2) is 48.8 Å². The molecular formula is C11H26N2O. The van der Waals surface area contributed by atoms with E-state index in [1.165, 1.54) is 0 Å². The number of nitrogens with one attached hydrogen (secondary N) is 1. The van der Waals surface area contributed by atoms with Crippen LogP contribution in [0, 0.1) is 5.92 Å². The molecule has 0 aliphatic carbocycles. The molecule has 2 N–H and O–H groups in total. The first kappa shape index (κ1) is 13.9. The van der Waals surface area contributed by atoms with Gasteiger partial charge < -0.3 is 15.3 Å². The number of hydrogen-bond acceptors (Lipinski definition) is 3. The molecule has 0 radical (unpaired) electrons. The zero-order valence-electron chi connectivity index (χ0n) is 10.3. The predicted octanol–water partition coefficient (Wildman–Crippen LogP) is 0.935. The van der Waals surface area contributed by atoms with E-state index < -0.39 is 5.60 Å². The van der Waals surface area contributed by atoms with E-state index >= 15 is 0 Å². The van der Waals surface area contributed by atoms with Crippen molar-refractivity contribution in [3.8, 4) is 0 Å². The van der Waals surface area contributed by atoms with E-state index in [0.29, 0.717) is 5.92 Å². The third-order valence-corrected chi connectivity index (χ3v) is 2.02. The van der Waals surface area contributed by atoms with Crippen LogP contribution in [0.3, 0.4) is 0 Å². The molecule has 0 amide bonds. The van der Waals surface area contributed by atoms with Crippen LogP contribution < -0.4 is 5.32 Å². The second kappa shape index (κ2) is 6.38. The van der Waals surface area contributed by atoms with Gasteiger partial charge in [-0.2, -0.15) is 0 Å². The van der Waals surface area contributed by atoms with Gasteiger partial charge in [-0.25, -0.2) is 0 Å². The van der Waals surface area contributed by atoms with E-state index in [1.54, 1.807) is 0 Å². The molecule has 0 aromatic heterocycles. The van der Waals surface area contributed by atoms with Crippen molar-refractivity contribution in [2.75, 3.05) is 33.2 Å². The molecule has 0 bridgehead atoms. The molecule has 3 nitrogen and oxygen atoms in total. The van der Waals surface area contributed by atoms with Crippen LogP contribution >= 0.6 is 0 Å². The fourth-order valence-corrected chi connectivity index (χ4v) is 1.71. The quantitative estimate of drug-likeness (QED) is 0.645. The summed E-state index contributed by atoms with van der Waals surface area (Å²) in [7, 11) is 2.06. The van der Waals surface area contributed by atoms with E-state index in [9.17, 15) is 5.11 Å². The number of rotatable bonds is 7. The summed E-state index contributed by atoms with van der Waals surface area (Å²) in [6, 6.07) is 0. The van der Waals surface area contributed by atoms with Gasteiger partial charge in [0.25, 0.3) is 0 Å². The van der Waals surface area contributed by atoms with Gasteiger partial charge in [-0.05, 0) is 39.9 Å². The summed E-state index contributed by atoms with van der Waals surface area (Å²) in [5.41, 5.74) is -0.591. The molecular weight excluding hydrogens is 176 g/mol. The molecule has 0 aromatic carbocycles. The first-order valence-corrected chi connectivity index (χ1v) is 5.46. The maximum atomic E-state index is 9.62. The SMILES string of the molecule is CCNCC(C)CN(C)CC(C)(C)O. The minimum absolute atomic E-state index is 0.591. The highest BCUT2D eigenvalue weighted by molar-refractivity contribution is 4.71. The second-order valence-corrected chi connectivity index (χ2v) is 4.92. The third kappa shape index (κ3) is 8.48. The first-order chi connectivity index (χ1) is 6.35. The summed E-state index contributed by atoms with van der Waals surface area (Å²) in [4.78, 5) is 2.18. The predicted molar refractivity (Wildman–Crippen MR) is 61.5 cm³/mol. The highest BCUT2D eigenvalue weighted by Crippen LogP contribution is 2.05. The Bertz CT molecular complexity index is 143. The van der Waals surface area contributed by atoms with Crippen molar-refractivity contribution >= 4 is 0 Å². The fourth-order valence-electron chi connectivity index (χ4n) is 1.71. The van der Waals surface area contributed by atoms with E-state index in [0.717, 1.165) is 26.2 Å². The Morgan fingerprint density at radius 2 is 2.00 bits per heavy atom. The monoisotopic (exact) mass is 202 g/mol. The molecule has 14 heavy (non-hydrogen) atoms. The molecule has 0 saturated carbocycles. The first-order valence-electron chi connectivity index (χ1n) is 5.46. The Morgan fingerprint density at radius 3 is 2.43 bits per heavy atom. The van der Waals surface area contributed by atoms with Gasteiger partial charge in [0.1, 0.15) is 0 Å². The lowest BCUT2D eigenvalue weighted by molar-refractivity contribution is 0.0409. The average Bonchev–Trinajstić information content (AvgIpc) is 1.96. The summed E-state index contributed by atoms with van der Waals surface area (Å²) >= 11 is 0. The molecule has 0 aliphatic rings. The van der Waals surface area contributed by atoms with Crippen LogP contribution in [0.4, 0.5) is 0 Å². The van der Waals surface area contributed by atoms with E-state index in [1.807, 2.05) is 13.8 Å². The largest absolute Gasteiger partial charge is 0.389 e. The van der Waals surface area contributed by atoms with Crippen molar-refractivity contribution in [3.63, 3.8) is 0 Å². The van der Waals surface area contributed by atoms with Gasteiger partial charge in [0.05, 0.1) is 5.60 Å². The van der Waals surface area contributed by atoms with Gasteiger partial charge in [0.15, 0.2) is 0 Å². The maximum Gasteiger partial charge on any atom is 0.0718 e. The lowest BCUT2D eigenvalue weighted by atomic mass is 10.1. The van der Waals surface area contributed by atoms with E-state index in [4.69, 9.17) is 0 Å². The standard InChI is InChI=1S/C11H26N2O/c1-6-12-7-10(2)8-13(5)9-11(3,4)14/h10,12,14H,6-9H2,1-5H3. The van der Waals surface area contributed by atoms with Crippen LogP contribution in [0.1, 0.15) is 27.7 Å². The van der Waals surface area contributed by atoms with Crippen LogP contribution in [0.25, 0.3) is 0 Å². The topological polar surface area (TPSA) is 35.5 Å². The van der Waals surface area contributed by atoms with E-state index in [-0.39, 0.29) is 0 Å². The molecule has 3 heteroatoms. The second-order valence-electron chi connectivity index (χ2n) is 4.92. The van der Waals surface area contributed by atoms with Crippen LogP contribution in [0.2, 0.25) is 0 Å². The van der Waals surface area contributed by atoms with Crippen molar-refractivity contribution in [1.29, 1.82) is 0 Å². The summed E-state index contributed by atoms with van der Waals surface area (Å²) in [5, 5.41) is 12.9. The summed E-state index contributed by atoms with van der Waals surface area (Å²) < 4.78 is 0. The lowest BCUT2D eigenvalue weighted by Crippen LogP contribution is -2.39. The van der Waals surface area contributed by atoms with Crippen molar-refractivity contribution in [2.24, 2.45) is 5.92 Å². The number of aliphatic hydroxyl groups is 1. The molecule has 0 fully saturated rings. The number of hydrogen-bond donors (Lipinski definition) is 2. The summed E-state index contributed by atoms with van der Waals surface area (Å²) in [6.07, 6.45) is 0. The third-order valence-electron chi connectivity index (χ3n) is 2.02. The normalized spacial score (nSPS) is 14.8. The van der Waals surface area contributed by atoms with Crippen molar-refractivity contribution in [2.45, 2.75) is 33.3 Å². The zero-order chi connectivity index (χ0) is 11.2. The number of likely N-dealkylation sites (N-methyl/N-ethyl adjacent to an activating group) is 1. The fraction of sp³-hybridized carbons (Fsp3) is 1.00. The Labute approximate surface area is 88.5 Å². The molecule has 0 saturated heterocycles. The Morgan fingerprint density at radius 1 is 1.43 bits per heavy atom. The molecule has 1 unspecified atom stereocenters. The Hall–Kier alpha value is -0.120. The van der Waals surface area contributed by atoms with Crippen molar-refractivity contribution in [1.82, 2.24) is 10.2 Å². The minimum Gasteiger partial charge on any atom is -0.389 e. The molecule has 0 rings (SSSR count). The van der Waals surface area contributed by atoms with Gasteiger partial charge in [-0.3, -0.25) is 0 Å². The number of nitrogens with zero attached hydrogens (tertiary/aromatic N) is 1. The Balaban J connectivity index is 3.65. The average molecular weight is 202 g/mol. The highest BCUT2D eigenvalue weighted by Gasteiger charge is 2.16. The van der Waals surface area contributed by atoms with Gasteiger partial charge in [-0.15, -0.1) is 0 Å². The molecule has 0 aliphatic heterocycles. The van der Waals surface area contributed by atoms with Gasteiger partial charge in [0.2, 0.25) is 0 Å². The lowest BCUT2D eigenvalue weighted by Gasteiger charge is -2.27. The van der Waals surface area contributed by atoms with Crippen LogP contribution in [0.15, 0.2) is 0 Å². The smallest absolute Gasteiger partial charge is 0.0718 e. The van der Waals surface area contributed by atoms with Gasteiger partial charge >= 0.3 is 0 Å². The minimum atomic E-state index is -0.591. The van der Waals surface area contributed by atoms with Gasteiger partial charge in [0, 0.05) is 13.1 Å². The van der Waals surface area contributed by atoms with Crippen molar-refractivity contribution < 1.29 is 5.11 Å². The molecule has 86 valence electrons. The molecule has 0 heterocycles. The van der Waals surface area contributed by atoms with Crippen molar-refractivity contribution in [3.05, 3.63) is 0 Å². The molecule has 0 aromatic rings. The van der Waals surface area contributed by atoms with Crippen LogP contribution in [0.5, 0.6) is 0 Å². The van der Waals surface area contributed by atoms with E-state index in [2.05, 4.69) is 31.1 Å². The zero-order valence-corrected chi connectivity index (χ0v) is 10.3. The Kier molecular flexibility index (Phi) is 6.33. The maximum absolute atomic E-state index is 9.62.